The topological polar surface area (TPSA) is 45.7 Å². The molecule has 20 heavy (non-hydrogen) atoms. The summed E-state index contributed by atoms with van der Waals surface area (Å²) in [6.07, 6.45) is 3.70. The van der Waals surface area contributed by atoms with Crippen molar-refractivity contribution in [2.45, 2.75) is 38.8 Å². The highest BCUT2D eigenvalue weighted by Crippen LogP contribution is 2.11. The zero-order chi connectivity index (χ0) is 14.2. The quantitative estimate of drug-likeness (QED) is 0.639. The van der Waals surface area contributed by atoms with E-state index in [4.69, 9.17) is 4.74 Å². The number of nitrogens with one attached hydrogen (secondary N) is 2. The van der Waals surface area contributed by atoms with Gasteiger partial charge in [0.15, 0.2) is 5.96 Å². The Morgan fingerprint density at radius 1 is 1.30 bits per heavy atom. The molecule has 4 nitrogen and oxygen atoms in total. The predicted octanol–water partition coefficient (Wildman–Crippen LogP) is 2.09. The largest absolute Gasteiger partial charge is 0.376 e. The van der Waals surface area contributed by atoms with Gasteiger partial charge < -0.3 is 15.4 Å². The van der Waals surface area contributed by atoms with Crippen LogP contribution in [0.5, 0.6) is 0 Å². The van der Waals surface area contributed by atoms with E-state index in [-0.39, 0.29) is 0 Å². The molecule has 1 heterocycles. The molecule has 0 bridgehead atoms. The molecule has 2 N–H and O–H groups in total. The molecular formula is C16H25N3O. The average molecular weight is 275 g/mol. The first kappa shape index (κ1) is 14.9. The number of nitrogens with zero attached hydrogens (tertiary/aromatic N) is 1. The predicted molar refractivity (Wildman–Crippen MR) is 83.0 cm³/mol. The number of hydrogen-bond acceptors (Lipinski definition) is 2. The molecule has 2 rings (SSSR count). The highest BCUT2D eigenvalue weighted by atomic mass is 16.5. The third-order valence-electron chi connectivity index (χ3n) is 3.69. The van der Waals surface area contributed by atoms with Crippen LogP contribution < -0.4 is 10.6 Å². The molecule has 0 aromatic heterocycles. The number of benzene rings is 1. The number of ether oxygens (including phenoxy) is 1. The maximum absolute atomic E-state index is 5.60. The van der Waals surface area contributed by atoms with Gasteiger partial charge in [0.1, 0.15) is 0 Å². The van der Waals surface area contributed by atoms with Gasteiger partial charge in [-0.2, -0.15) is 0 Å². The fourth-order valence-corrected chi connectivity index (χ4v) is 2.49. The van der Waals surface area contributed by atoms with Gasteiger partial charge in [-0.25, -0.2) is 0 Å². The van der Waals surface area contributed by atoms with E-state index in [1.807, 2.05) is 0 Å². The normalized spacial score (nSPS) is 19.1. The molecule has 110 valence electrons. The number of hydrogen-bond donors (Lipinski definition) is 2. The molecule has 1 fully saturated rings. The third kappa shape index (κ3) is 4.23. The number of guanidine groups is 1. The second-order valence-corrected chi connectivity index (χ2v) is 5.06. The minimum Gasteiger partial charge on any atom is -0.376 e. The van der Waals surface area contributed by atoms with E-state index in [0.717, 1.165) is 38.5 Å². The Kier molecular flexibility index (Phi) is 5.87. The van der Waals surface area contributed by atoms with E-state index in [1.54, 1.807) is 7.05 Å². The molecule has 1 unspecified atom stereocenters. The molecule has 4 heteroatoms. The summed E-state index contributed by atoms with van der Waals surface area (Å²) >= 11 is 0. The summed E-state index contributed by atoms with van der Waals surface area (Å²) in [5.41, 5.74) is 2.71. The van der Waals surface area contributed by atoms with Gasteiger partial charge in [0.2, 0.25) is 0 Å². The zero-order valence-corrected chi connectivity index (χ0v) is 12.5. The molecule has 1 aliphatic rings. The second-order valence-electron chi connectivity index (χ2n) is 5.06. The van der Waals surface area contributed by atoms with Crippen molar-refractivity contribution in [1.29, 1.82) is 0 Å². The SMILES string of the molecule is CCc1ccccc1CNC(=NC)NCC1CCCO1. The van der Waals surface area contributed by atoms with Gasteiger partial charge in [0, 0.05) is 26.7 Å². The highest BCUT2D eigenvalue weighted by Gasteiger charge is 2.15. The van der Waals surface area contributed by atoms with Crippen molar-refractivity contribution in [1.82, 2.24) is 10.6 Å². The summed E-state index contributed by atoms with van der Waals surface area (Å²) in [6.45, 7) is 4.70. The molecule has 1 aromatic rings. The minimum absolute atomic E-state index is 0.330. The third-order valence-corrected chi connectivity index (χ3v) is 3.69. The van der Waals surface area contributed by atoms with Crippen LogP contribution in [-0.2, 0) is 17.7 Å². The zero-order valence-electron chi connectivity index (χ0n) is 12.5. The van der Waals surface area contributed by atoms with Gasteiger partial charge in [0.05, 0.1) is 6.10 Å². The fraction of sp³-hybridized carbons (Fsp3) is 0.562. The first-order valence-electron chi connectivity index (χ1n) is 7.46. The lowest BCUT2D eigenvalue weighted by molar-refractivity contribution is 0.114. The standard InChI is InChI=1S/C16H25N3O/c1-3-13-7-4-5-8-14(13)11-18-16(17-2)19-12-15-9-6-10-20-15/h4-5,7-8,15H,3,6,9-12H2,1-2H3,(H2,17,18,19). The summed E-state index contributed by atoms with van der Waals surface area (Å²) in [6, 6.07) is 8.52. The smallest absolute Gasteiger partial charge is 0.191 e. The van der Waals surface area contributed by atoms with Crippen molar-refractivity contribution >= 4 is 5.96 Å². The van der Waals surface area contributed by atoms with Crippen molar-refractivity contribution in [2.75, 3.05) is 20.2 Å². The first-order chi connectivity index (χ1) is 9.83. The molecule has 1 atom stereocenters. The van der Waals surface area contributed by atoms with Crippen LogP contribution in [0.15, 0.2) is 29.3 Å². The van der Waals surface area contributed by atoms with Crippen molar-refractivity contribution in [3.05, 3.63) is 35.4 Å². The number of aryl methyl sites for hydroxylation is 1. The van der Waals surface area contributed by atoms with Crippen molar-refractivity contribution in [3.8, 4) is 0 Å². The first-order valence-corrected chi connectivity index (χ1v) is 7.46. The van der Waals surface area contributed by atoms with Gasteiger partial charge in [-0.15, -0.1) is 0 Å². The van der Waals surface area contributed by atoms with Crippen LogP contribution in [0, 0.1) is 0 Å². The van der Waals surface area contributed by atoms with Crippen LogP contribution in [0.1, 0.15) is 30.9 Å². The lowest BCUT2D eigenvalue weighted by Crippen LogP contribution is -2.40. The van der Waals surface area contributed by atoms with Crippen molar-refractivity contribution in [2.24, 2.45) is 4.99 Å². The van der Waals surface area contributed by atoms with Crippen molar-refractivity contribution < 1.29 is 4.74 Å². The summed E-state index contributed by atoms with van der Waals surface area (Å²) < 4.78 is 5.60. The Hall–Kier alpha value is -1.55. The van der Waals surface area contributed by atoms with Gasteiger partial charge in [-0.05, 0) is 30.4 Å². The van der Waals surface area contributed by atoms with E-state index in [2.05, 4.69) is 46.8 Å². The molecule has 0 aliphatic carbocycles. The van der Waals surface area contributed by atoms with E-state index in [1.165, 1.54) is 17.5 Å². The molecule has 1 saturated heterocycles. The van der Waals surface area contributed by atoms with Crippen LogP contribution in [0.2, 0.25) is 0 Å². The number of aliphatic imine (C=N–C) groups is 1. The highest BCUT2D eigenvalue weighted by molar-refractivity contribution is 5.79. The maximum atomic E-state index is 5.60. The summed E-state index contributed by atoms with van der Waals surface area (Å²) in [5, 5.41) is 6.70. The molecule has 0 amide bonds. The number of rotatable bonds is 5. The monoisotopic (exact) mass is 275 g/mol. The minimum atomic E-state index is 0.330. The van der Waals surface area contributed by atoms with E-state index in [9.17, 15) is 0 Å². The summed E-state index contributed by atoms with van der Waals surface area (Å²) in [4.78, 5) is 4.26. The van der Waals surface area contributed by atoms with Crippen molar-refractivity contribution in [3.63, 3.8) is 0 Å². The van der Waals surface area contributed by atoms with E-state index < -0.39 is 0 Å². The molecule has 1 aromatic carbocycles. The van der Waals surface area contributed by atoms with Gasteiger partial charge >= 0.3 is 0 Å². The lowest BCUT2D eigenvalue weighted by Gasteiger charge is -2.16. The van der Waals surface area contributed by atoms with Crippen LogP contribution in [0.3, 0.4) is 0 Å². The van der Waals surface area contributed by atoms with Crippen LogP contribution in [-0.4, -0.2) is 32.3 Å². The van der Waals surface area contributed by atoms with Gasteiger partial charge in [-0.3, -0.25) is 4.99 Å². The van der Waals surface area contributed by atoms with Gasteiger partial charge in [0.25, 0.3) is 0 Å². The average Bonchev–Trinajstić information content (AvgIpc) is 3.01. The molecule has 1 aliphatic heterocycles. The summed E-state index contributed by atoms with van der Waals surface area (Å²) in [5.74, 6) is 0.839. The molecule has 0 saturated carbocycles. The van der Waals surface area contributed by atoms with E-state index in [0.29, 0.717) is 6.10 Å². The molecule has 0 radical (unpaired) electrons. The fourth-order valence-electron chi connectivity index (χ4n) is 2.49. The van der Waals surface area contributed by atoms with Crippen LogP contribution in [0.25, 0.3) is 0 Å². The Morgan fingerprint density at radius 2 is 2.10 bits per heavy atom. The Morgan fingerprint density at radius 3 is 2.75 bits per heavy atom. The molecule has 0 spiro atoms. The van der Waals surface area contributed by atoms with E-state index >= 15 is 0 Å². The second kappa shape index (κ2) is 7.90. The lowest BCUT2D eigenvalue weighted by atomic mass is 10.1. The van der Waals surface area contributed by atoms with Gasteiger partial charge in [-0.1, -0.05) is 31.2 Å². The van der Waals surface area contributed by atoms with Crippen LogP contribution in [0.4, 0.5) is 0 Å². The maximum Gasteiger partial charge on any atom is 0.191 e. The Labute approximate surface area is 121 Å². The summed E-state index contributed by atoms with van der Waals surface area (Å²) in [7, 11) is 1.80. The molecular weight excluding hydrogens is 250 g/mol. The van der Waals surface area contributed by atoms with Crippen LogP contribution >= 0.6 is 0 Å². The Bertz CT molecular complexity index is 439. The Balaban J connectivity index is 1.81.